The number of nitrogens with zero attached hydrogens (tertiary/aromatic N) is 2. The zero-order valence-corrected chi connectivity index (χ0v) is 10.9. The molecule has 0 aliphatic rings. The molecule has 5 nitrogen and oxygen atoms in total. The highest BCUT2D eigenvalue weighted by Crippen LogP contribution is 1.97. The molecule has 1 rings (SSSR count). The van der Waals surface area contributed by atoms with Crippen LogP contribution in [0.1, 0.15) is 6.42 Å². The van der Waals surface area contributed by atoms with Crippen molar-refractivity contribution < 1.29 is 4.74 Å². The van der Waals surface area contributed by atoms with E-state index in [9.17, 15) is 4.79 Å². The summed E-state index contributed by atoms with van der Waals surface area (Å²) in [6.45, 7) is 3.02. The lowest BCUT2D eigenvalue weighted by molar-refractivity contribution is 0.194. The van der Waals surface area contributed by atoms with Crippen molar-refractivity contribution in [2.45, 2.75) is 13.0 Å². The second-order valence-corrected chi connectivity index (χ2v) is 4.19. The summed E-state index contributed by atoms with van der Waals surface area (Å²) in [5, 5.41) is 3.23. The predicted octanol–water partition coefficient (Wildman–Crippen LogP) is 0.632. The van der Waals surface area contributed by atoms with Gasteiger partial charge in [-0.15, -0.1) is 0 Å². The van der Waals surface area contributed by atoms with Crippen LogP contribution in [0.5, 0.6) is 0 Å². The third-order valence-electron chi connectivity index (χ3n) is 2.09. The lowest BCUT2D eigenvalue weighted by Crippen LogP contribution is -2.28. The van der Waals surface area contributed by atoms with Gasteiger partial charge < -0.3 is 10.1 Å². The van der Waals surface area contributed by atoms with Gasteiger partial charge in [0, 0.05) is 33.0 Å². The van der Waals surface area contributed by atoms with Gasteiger partial charge in [0.25, 0.3) is 5.56 Å². The lowest BCUT2D eigenvalue weighted by Gasteiger charge is -2.06. The minimum absolute atomic E-state index is 0.0475. The van der Waals surface area contributed by atoms with Crippen LogP contribution in [-0.4, -0.2) is 36.4 Å². The Morgan fingerprint density at radius 3 is 3.12 bits per heavy atom. The van der Waals surface area contributed by atoms with Gasteiger partial charge in [-0.3, -0.25) is 9.36 Å². The van der Waals surface area contributed by atoms with E-state index in [-0.39, 0.29) is 5.56 Å². The Morgan fingerprint density at radius 1 is 1.56 bits per heavy atom. The molecule has 90 valence electrons. The van der Waals surface area contributed by atoms with Crippen molar-refractivity contribution in [2.24, 2.45) is 0 Å². The van der Waals surface area contributed by atoms with Crippen molar-refractivity contribution >= 4 is 15.9 Å². The molecule has 0 spiro atoms. The van der Waals surface area contributed by atoms with E-state index in [4.69, 9.17) is 4.74 Å². The molecule has 0 aromatic carbocycles. The highest BCUT2D eigenvalue weighted by atomic mass is 79.9. The molecule has 0 atom stereocenters. The minimum Gasteiger partial charge on any atom is -0.385 e. The fourth-order valence-corrected chi connectivity index (χ4v) is 1.60. The van der Waals surface area contributed by atoms with Crippen molar-refractivity contribution in [3.8, 4) is 0 Å². The fraction of sp³-hybridized carbons (Fsp3) is 0.600. The standard InChI is InChI=1S/C10H16BrN3O2/c1-16-6-2-3-12-4-5-14-8-13-7-9(11)10(14)15/h7-8,12H,2-6H2,1H3. The van der Waals surface area contributed by atoms with Crippen LogP contribution in [0.2, 0.25) is 0 Å². The second kappa shape index (κ2) is 7.54. The molecule has 1 N–H and O–H groups in total. The van der Waals surface area contributed by atoms with Crippen molar-refractivity contribution in [3.05, 3.63) is 27.4 Å². The van der Waals surface area contributed by atoms with E-state index in [0.29, 0.717) is 11.0 Å². The van der Waals surface area contributed by atoms with Gasteiger partial charge in [-0.2, -0.15) is 0 Å². The third kappa shape index (κ3) is 4.42. The number of rotatable bonds is 7. The number of nitrogens with one attached hydrogen (secondary N) is 1. The molecular formula is C10H16BrN3O2. The average molecular weight is 290 g/mol. The van der Waals surface area contributed by atoms with Gasteiger partial charge in [0.2, 0.25) is 0 Å². The number of hydrogen-bond donors (Lipinski definition) is 1. The summed E-state index contributed by atoms with van der Waals surface area (Å²) in [7, 11) is 1.69. The van der Waals surface area contributed by atoms with E-state index in [1.54, 1.807) is 18.0 Å². The van der Waals surface area contributed by atoms with Gasteiger partial charge >= 0.3 is 0 Å². The summed E-state index contributed by atoms with van der Waals surface area (Å²) >= 11 is 3.16. The Kier molecular flexibility index (Phi) is 6.29. The summed E-state index contributed by atoms with van der Waals surface area (Å²) in [6, 6.07) is 0. The van der Waals surface area contributed by atoms with E-state index in [0.717, 1.165) is 26.1 Å². The minimum atomic E-state index is -0.0475. The van der Waals surface area contributed by atoms with Crippen LogP contribution >= 0.6 is 15.9 Å². The average Bonchev–Trinajstić information content (AvgIpc) is 2.29. The number of aromatic nitrogens is 2. The van der Waals surface area contributed by atoms with E-state index in [2.05, 4.69) is 26.2 Å². The lowest BCUT2D eigenvalue weighted by atomic mass is 10.4. The van der Waals surface area contributed by atoms with Gasteiger partial charge in [0.1, 0.15) is 4.47 Å². The Balaban J connectivity index is 2.27. The molecular weight excluding hydrogens is 274 g/mol. The summed E-state index contributed by atoms with van der Waals surface area (Å²) in [5.74, 6) is 0. The molecule has 0 aliphatic heterocycles. The first kappa shape index (κ1) is 13.3. The SMILES string of the molecule is COCCCNCCn1cncc(Br)c1=O. The van der Waals surface area contributed by atoms with Crippen LogP contribution in [0.4, 0.5) is 0 Å². The maximum atomic E-state index is 11.6. The van der Waals surface area contributed by atoms with Crippen molar-refractivity contribution in [1.82, 2.24) is 14.9 Å². The molecule has 0 saturated carbocycles. The highest BCUT2D eigenvalue weighted by molar-refractivity contribution is 9.10. The molecule has 1 aromatic heterocycles. The Morgan fingerprint density at radius 2 is 2.38 bits per heavy atom. The van der Waals surface area contributed by atoms with Crippen LogP contribution in [0.25, 0.3) is 0 Å². The van der Waals surface area contributed by atoms with Gasteiger partial charge in [-0.25, -0.2) is 4.98 Å². The zero-order chi connectivity index (χ0) is 11.8. The second-order valence-electron chi connectivity index (χ2n) is 3.34. The van der Waals surface area contributed by atoms with E-state index in [1.165, 1.54) is 6.20 Å². The van der Waals surface area contributed by atoms with Crippen LogP contribution in [0.3, 0.4) is 0 Å². The number of ether oxygens (including phenoxy) is 1. The number of halogens is 1. The van der Waals surface area contributed by atoms with Gasteiger partial charge in [-0.05, 0) is 28.9 Å². The predicted molar refractivity (Wildman–Crippen MR) is 65.6 cm³/mol. The third-order valence-corrected chi connectivity index (χ3v) is 2.63. The van der Waals surface area contributed by atoms with Crippen molar-refractivity contribution in [3.63, 3.8) is 0 Å². The Hall–Kier alpha value is -0.720. The molecule has 0 bridgehead atoms. The number of methoxy groups -OCH3 is 1. The van der Waals surface area contributed by atoms with Gasteiger partial charge in [0.15, 0.2) is 0 Å². The summed E-state index contributed by atoms with van der Waals surface area (Å²) < 4.78 is 7.00. The topological polar surface area (TPSA) is 56.1 Å². The Bertz CT molecular complexity index is 367. The van der Waals surface area contributed by atoms with E-state index < -0.39 is 0 Å². The maximum Gasteiger partial charge on any atom is 0.267 e. The highest BCUT2D eigenvalue weighted by Gasteiger charge is 1.99. The van der Waals surface area contributed by atoms with Crippen molar-refractivity contribution in [2.75, 3.05) is 26.8 Å². The Labute approximate surface area is 103 Å². The fourth-order valence-electron chi connectivity index (χ4n) is 1.25. The van der Waals surface area contributed by atoms with E-state index in [1.807, 2.05) is 0 Å². The zero-order valence-electron chi connectivity index (χ0n) is 9.28. The molecule has 1 heterocycles. The molecule has 0 saturated heterocycles. The largest absolute Gasteiger partial charge is 0.385 e. The molecule has 0 radical (unpaired) electrons. The van der Waals surface area contributed by atoms with Crippen LogP contribution < -0.4 is 10.9 Å². The summed E-state index contributed by atoms with van der Waals surface area (Å²) in [6.07, 6.45) is 4.02. The maximum absolute atomic E-state index is 11.6. The quantitative estimate of drug-likeness (QED) is 0.748. The summed E-state index contributed by atoms with van der Waals surface area (Å²) in [5.41, 5.74) is -0.0475. The first-order valence-electron chi connectivity index (χ1n) is 5.15. The van der Waals surface area contributed by atoms with Gasteiger partial charge in [0.05, 0.1) is 6.33 Å². The molecule has 0 unspecified atom stereocenters. The molecule has 1 aromatic rings. The number of hydrogen-bond acceptors (Lipinski definition) is 4. The first-order valence-corrected chi connectivity index (χ1v) is 5.94. The van der Waals surface area contributed by atoms with Crippen LogP contribution in [0.15, 0.2) is 21.8 Å². The molecule has 16 heavy (non-hydrogen) atoms. The van der Waals surface area contributed by atoms with Crippen LogP contribution in [0, 0.1) is 0 Å². The van der Waals surface area contributed by atoms with Gasteiger partial charge in [-0.1, -0.05) is 0 Å². The molecule has 6 heteroatoms. The monoisotopic (exact) mass is 289 g/mol. The molecule has 0 fully saturated rings. The van der Waals surface area contributed by atoms with E-state index >= 15 is 0 Å². The smallest absolute Gasteiger partial charge is 0.267 e. The molecule has 0 aliphatic carbocycles. The first-order chi connectivity index (χ1) is 7.75. The van der Waals surface area contributed by atoms with Crippen molar-refractivity contribution in [1.29, 1.82) is 0 Å². The summed E-state index contributed by atoms with van der Waals surface area (Å²) in [4.78, 5) is 15.5. The normalized spacial score (nSPS) is 10.6. The molecule has 0 amide bonds. The van der Waals surface area contributed by atoms with Crippen LogP contribution in [-0.2, 0) is 11.3 Å².